The van der Waals surface area contributed by atoms with E-state index in [1.165, 1.54) is 6.92 Å². The van der Waals surface area contributed by atoms with Crippen molar-refractivity contribution < 1.29 is 9.90 Å². The third-order valence-electron chi connectivity index (χ3n) is 3.29. The van der Waals surface area contributed by atoms with Gasteiger partial charge in [-0.2, -0.15) is 0 Å². The normalized spacial score (nSPS) is 22.4. The van der Waals surface area contributed by atoms with E-state index >= 15 is 0 Å². The maximum absolute atomic E-state index is 11.1. The second kappa shape index (κ2) is 6.99. The molecule has 0 aromatic carbocycles. The molecule has 1 aromatic rings. The number of carbonyl (C=O) groups excluding carboxylic acids is 1. The molecule has 0 bridgehead atoms. The highest BCUT2D eigenvalue weighted by Gasteiger charge is 2.20. The van der Waals surface area contributed by atoms with Crippen LogP contribution in [0.2, 0.25) is 0 Å². The van der Waals surface area contributed by atoms with Crippen molar-refractivity contribution in [2.75, 3.05) is 17.2 Å². The number of halogens is 1. The number of aliphatic hydroxyl groups excluding tert-OH is 1. The highest BCUT2D eigenvalue weighted by molar-refractivity contribution is 9.10. The standard InChI is InChI=1S/C13H19BrN4O2/c1-8(19)6-15-12-13(18-11(14)7-16-12)17-9-2-4-10(20)5-3-9/h7,9-10,20H,2-6H2,1H3,(H,15,16)(H,17,18)/t9-,10-. The molecule has 3 N–H and O–H groups in total. The molecule has 1 saturated carbocycles. The van der Waals surface area contributed by atoms with Gasteiger partial charge in [-0.3, -0.25) is 4.79 Å². The minimum Gasteiger partial charge on any atom is -0.393 e. The zero-order chi connectivity index (χ0) is 14.5. The monoisotopic (exact) mass is 342 g/mol. The minimum absolute atomic E-state index is 0.0430. The fourth-order valence-corrected chi connectivity index (χ4v) is 2.50. The third kappa shape index (κ3) is 4.42. The number of nitrogens with one attached hydrogen (secondary N) is 2. The van der Waals surface area contributed by atoms with Gasteiger partial charge in [0.05, 0.1) is 18.8 Å². The first-order chi connectivity index (χ1) is 9.54. The largest absolute Gasteiger partial charge is 0.393 e. The number of aliphatic hydroxyl groups is 1. The number of Topliss-reactive ketones (excluding diaryl/α,β-unsaturated/α-hetero) is 1. The molecule has 6 nitrogen and oxygen atoms in total. The van der Waals surface area contributed by atoms with Gasteiger partial charge in [0.1, 0.15) is 10.4 Å². The zero-order valence-corrected chi connectivity index (χ0v) is 13.0. The van der Waals surface area contributed by atoms with Crippen molar-refractivity contribution in [1.29, 1.82) is 0 Å². The van der Waals surface area contributed by atoms with Crippen molar-refractivity contribution in [2.45, 2.75) is 44.8 Å². The fourth-order valence-electron chi connectivity index (χ4n) is 2.22. The van der Waals surface area contributed by atoms with E-state index in [0.29, 0.717) is 16.2 Å². The van der Waals surface area contributed by atoms with E-state index in [4.69, 9.17) is 0 Å². The van der Waals surface area contributed by atoms with Crippen LogP contribution < -0.4 is 10.6 Å². The molecule has 1 aromatic heterocycles. The molecule has 110 valence electrons. The Morgan fingerprint density at radius 1 is 1.40 bits per heavy atom. The summed E-state index contributed by atoms with van der Waals surface area (Å²) in [6, 6.07) is 0.278. The van der Waals surface area contributed by atoms with Gasteiger partial charge in [0.2, 0.25) is 0 Å². The van der Waals surface area contributed by atoms with Crippen LogP contribution in [0.4, 0.5) is 11.6 Å². The second-order valence-electron chi connectivity index (χ2n) is 5.10. The molecule has 0 radical (unpaired) electrons. The number of carbonyl (C=O) groups is 1. The Hall–Kier alpha value is -1.21. The van der Waals surface area contributed by atoms with Crippen molar-refractivity contribution in [3.8, 4) is 0 Å². The van der Waals surface area contributed by atoms with Crippen LogP contribution in [0.1, 0.15) is 32.6 Å². The molecule has 1 aliphatic rings. The predicted molar refractivity (Wildman–Crippen MR) is 80.8 cm³/mol. The number of aromatic nitrogens is 2. The van der Waals surface area contributed by atoms with E-state index in [2.05, 4.69) is 36.5 Å². The van der Waals surface area contributed by atoms with Gasteiger partial charge in [0, 0.05) is 6.04 Å². The summed E-state index contributed by atoms with van der Waals surface area (Å²) in [7, 11) is 0. The summed E-state index contributed by atoms with van der Waals surface area (Å²) in [5, 5.41) is 15.9. The Bertz CT molecular complexity index is 475. The Labute approximate surface area is 126 Å². The van der Waals surface area contributed by atoms with Gasteiger partial charge in [0.25, 0.3) is 0 Å². The van der Waals surface area contributed by atoms with E-state index in [1.807, 2.05) is 0 Å². The summed E-state index contributed by atoms with van der Waals surface area (Å²) in [4.78, 5) is 19.7. The minimum atomic E-state index is -0.183. The Morgan fingerprint density at radius 2 is 2.10 bits per heavy atom. The molecule has 7 heteroatoms. The average Bonchev–Trinajstić information content (AvgIpc) is 2.40. The van der Waals surface area contributed by atoms with Crippen LogP contribution in [0.3, 0.4) is 0 Å². The van der Waals surface area contributed by atoms with Crippen LogP contribution in [0.15, 0.2) is 10.8 Å². The van der Waals surface area contributed by atoms with Gasteiger partial charge >= 0.3 is 0 Å². The molecular formula is C13H19BrN4O2. The quantitative estimate of drug-likeness (QED) is 0.758. The molecule has 20 heavy (non-hydrogen) atoms. The number of hydrogen-bond acceptors (Lipinski definition) is 6. The summed E-state index contributed by atoms with van der Waals surface area (Å²) in [5.41, 5.74) is 0. The summed E-state index contributed by atoms with van der Waals surface area (Å²) < 4.78 is 0.643. The maximum Gasteiger partial charge on any atom is 0.170 e. The summed E-state index contributed by atoms with van der Waals surface area (Å²) >= 11 is 3.30. The van der Waals surface area contributed by atoms with Crippen LogP contribution in [-0.2, 0) is 4.79 Å². The van der Waals surface area contributed by atoms with Gasteiger partial charge in [-0.15, -0.1) is 0 Å². The van der Waals surface area contributed by atoms with Gasteiger partial charge < -0.3 is 15.7 Å². The number of nitrogens with zero attached hydrogens (tertiary/aromatic N) is 2. The molecule has 0 unspecified atom stereocenters. The summed E-state index contributed by atoms with van der Waals surface area (Å²) in [5.74, 6) is 1.26. The Kier molecular flexibility index (Phi) is 5.31. The lowest BCUT2D eigenvalue weighted by molar-refractivity contribution is -0.115. The van der Waals surface area contributed by atoms with Gasteiger partial charge in [-0.25, -0.2) is 9.97 Å². The lowest BCUT2D eigenvalue weighted by Gasteiger charge is -2.27. The zero-order valence-electron chi connectivity index (χ0n) is 11.4. The fraction of sp³-hybridized carbons (Fsp3) is 0.615. The van der Waals surface area contributed by atoms with E-state index in [1.54, 1.807) is 6.20 Å². The lowest BCUT2D eigenvalue weighted by Crippen LogP contribution is -2.29. The van der Waals surface area contributed by atoms with Crippen molar-refractivity contribution >= 4 is 33.3 Å². The topological polar surface area (TPSA) is 87.1 Å². The average molecular weight is 343 g/mol. The molecule has 0 spiro atoms. The number of ketones is 1. The number of rotatable bonds is 5. The van der Waals surface area contributed by atoms with Crippen molar-refractivity contribution in [2.24, 2.45) is 0 Å². The van der Waals surface area contributed by atoms with Crippen molar-refractivity contribution in [3.63, 3.8) is 0 Å². The predicted octanol–water partition coefficient (Wildman–Crippen LogP) is 1.96. The van der Waals surface area contributed by atoms with Crippen molar-refractivity contribution in [1.82, 2.24) is 9.97 Å². The molecule has 0 aliphatic heterocycles. The highest BCUT2D eigenvalue weighted by atomic mass is 79.9. The smallest absolute Gasteiger partial charge is 0.170 e. The maximum atomic E-state index is 11.1. The molecular weight excluding hydrogens is 324 g/mol. The first-order valence-electron chi connectivity index (χ1n) is 6.75. The molecule has 1 aliphatic carbocycles. The van der Waals surface area contributed by atoms with Crippen LogP contribution >= 0.6 is 15.9 Å². The van der Waals surface area contributed by atoms with E-state index in [9.17, 15) is 9.90 Å². The number of hydrogen-bond donors (Lipinski definition) is 3. The third-order valence-corrected chi connectivity index (χ3v) is 3.67. The molecule has 0 saturated heterocycles. The van der Waals surface area contributed by atoms with Gasteiger partial charge in [0.15, 0.2) is 11.6 Å². The van der Waals surface area contributed by atoms with E-state index in [-0.39, 0.29) is 24.5 Å². The van der Waals surface area contributed by atoms with E-state index < -0.39 is 0 Å². The molecule has 0 atom stereocenters. The summed E-state index contributed by atoms with van der Waals surface area (Å²) in [6.45, 7) is 1.75. The second-order valence-corrected chi connectivity index (χ2v) is 5.91. The molecule has 1 heterocycles. The summed E-state index contributed by atoms with van der Waals surface area (Å²) in [6.07, 6.45) is 4.82. The molecule has 1 fully saturated rings. The van der Waals surface area contributed by atoms with Crippen LogP contribution in [-0.4, -0.2) is 39.5 Å². The van der Waals surface area contributed by atoms with Crippen LogP contribution in [0, 0.1) is 0 Å². The van der Waals surface area contributed by atoms with Crippen LogP contribution in [0.5, 0.6) is 0 Å². The van der Waals surface area contributed by atoms with Crippen LogP contribution in [0.25, 0.3) is 0 Å². The number of anilines is 2. The Morgan fingerprint density at radius 3 is 2.75 bits per heavy atom. The van der Waals surface area contributed by atoms with Gasteiger partial charge in [-0.1, -0.05) is 0 Å². The van der Waals surface area contributed by atoms with Gasteiger partial charge in [-0.05, 0) is 48.5 Å². The first-order valence-corrected chi connectivity index (χ1v) is 7.54. The first kappa shape index (κ1) is 15.2. The SMILES string of the molecule is CC(=O)CNc1ncc(Br)nc1N[C@H]1CC[C@H](O)CC1. The molecule has 0 amide bonds. The van der Waals surface area contributed by atoms with E-state index in [0.717, 1.165) is 25.7 Å². The Balaban J connectivity index is 2.04. The molecule has 2 rings (SSSR count). The lowest BCUT2D eigenvalue weighted by atomic mass is 9.93. The van der Waals surface area contributed by atoms with Crippen molar-refractivity contribution in [3.05, 3.63) is 10.8 Å². The highest BCUT2D eigenvalue weighted by Crippen LogP contribution is 2.25.